The molecule has 2 rings (SSSR count). The minimum absolute atomic E-state index is 0.0874. The third-order valence-corrected chi connectivity index (χ3v) is 2.68. The van der Waals surface area contributed by atoms with E-state index in [9.17, 15) is 0 Å². The number of rotatable bonds is 1. The first kappa shape index (κ1) is 9.28. The van der Waals surface area contributed by atoms with E-state index in [0.717, 1.165) is 8.95 Å². The van der Waals surface area contributed by atoms with E-state index in [2.05, 4.69) is 51.7 Å². The number of hydrogen-bond acceptors (Lipinski definition) is 4. The molecular weight excluding hydrogens is 399 g/mol. The summed E-state index contributed by atoms with van der Waals surface area (Å²) in [6, 6.07) is 6.74. The van der Waals surface area contributed by atoms with Crippen LogP contribution in [0.2, 0.25) is 5.15 Å². The lowest BCUT2D eigenvalue weighted by Crippen LogP contribution is -1.84. The first-order chi connectivity index (χ1) is 11.8. The van der Waals surface area contributed by atoms with Crippen LogP contribution >= 0.6 is 43.5 Å². The van der Waals surface area contributed by atoms with Gasteiger partial charge in [0.05, 0.1) is 15.3 Å². The molecule has 2 aromatic rings. The molecule has 0 spiro atoms. The Hall–Kier alpha value is -0.690. The van der Waals surface area contributed by atoms with Gasteiger partial charge in [0, 0.05) is 34.4 Å². The molecule has 2 aromatic heterocycles. The van der Waals surface area contributed by atoms with Gasteiger partial charge in [0.1, 0.15) is 5.15 Å². The van der Waals surface area contributed by atoms with Gasteiger partial charge < -0.3 is 9.85 Å². The number of nitrogens with zero attached hydrogens (tertiary/aromatic N) is 2. The summed E-state index contributed by atoms with van der Waals surface area (Å²) in [5, 5.41) is 3.70. The highest BCUT2D eigenvalue weighted by atomic mass is 79.9. The van der Waals surface area contributed by atoms with Crippen LogP contribution < -0.4 is 4.74 Å². The van der Waals surface area contributed by atoms with E-state index in [1.54, 1.807) is 18.3 Å². The van der Waals surface area contributed by atoms with Crippen molar-refractivity contribution in [3.63, 3.8) is 0 Å². The maximum atomic E-state index is 6.80. The number of hydrogen-bond donors (Lipinski definition) is 1. The second-order valence-corrected chi connectivity index (χ2v) is 4.93. The van der Waals surface area contributed by atoms with Gasteiger partial charge in [0.15, 0.2) is 0 Å². The lowest BCUT2D eigenvalue weighted by molar-refractivity contribution is 0.397. The Bertz CT molecular complexity index is 657. The highest BCUT2D eigenvalue weighted by Crippen LogP contribution is 2.13. The SMILES string of the molecule is Clc1cc(Br)ccn1.[2H]C([2H])([2H])Oc1cc(Br)ccn1.[2H]OC([2H])([2H])[2H]. The number of ether oxygens (including phenoxy) is 1. The molecule has 0 saturated carbocycles. The Balaban J connectivity index is 0.000000388. The normalized spacial score (nSPS) is 15.2. The van der Waals surface area contributed by atoms with Crippen molar-refractivity contribution in [2.45, 2.75) is 0 Å². The van der Waals surface area contributed by atoms with E-state index in [4.69, 9.17) is 21.3 Å². The van der Waals surface area contributed by atoms with Crippen LogP contribution in [0.5, 0.6) is 5.88 Å². The third kappa shape index (κ3) is 8.93. The van der Waals surface area contributed by atoms with Crippen molar-refractivity contribution in [3.8, 4) is 5.88 Å². The number of aromatic nitrogens is 2. The number of pyridine rings is 2. The van der Waals surface area contributed by atoms with Crippen molar-refractivity contribution in [2.24, 2.45) is 0 Å². The van der Waals surface area contributed by atoms with Crippen LogP contribution in [-0.4, -0.2) is 30.6 Å². The van der Waals surface area contributed by atoms with Gasteiger partial charge in [-0.25, -0.2) is 9.97 Å². The largest absolute Gasteiger partial charge is 0.481 e. The van der Waals surface area contributed by atoms with E-state index < -0.39 is 14.1 Å². The van der Waals surface area contributed by atoms with Crippen LogP contribution in [0.25, 0.3) is 0 Å². The molecule has 0 fully saturated rings. The summed E-state index contributed by atoms with van der Waals surface area (Å²) >= 11 is 11.9. The van der Waals surface area contributed by atoms with Gasteiger partial charge in [-0.15, -0.1) is 0 Å². The number of aliphatic hydroxyl groups is 1. The van der Waals surface area contributed by atoms with Crippen molar-refractivity contribution in [3.05, 3.63) is 50.8 Å². The molecule has 7 heteroatoms. The molecule has 0 radical (unpaired) electrons. The molecule has 0 aliphatic heterocycles. The molecule has 19 heavy (non-hydrogen) atoms. The van der Waals surface area contributed by atoms with Crippen molar-refractivity contribution >= 4 is 43.5 Å². The minimum atomic E-state index is -2.54. The van der Waals surface area contributed by atoms with Gasteiger partial charge in [-0.05, 0) is 18.2 Å². The van der Waals surface area contributed by atoms with Gasteiger partial charge in [-0.2, -0.15) is 0 Å². The number of methoxy groups -OCH3 is 1. The van der Waals surface area contributed by atoms with Crippen molar-refractivity contribution in [1.82, 2.24) is 9.97 Å². The molecular formula is C12H13Br2ClN2O2. The van der Waals surface area contributed by atoms with Crippen LogP contribution in [0.3, 0.4) is 0 Å². The van der Waals surface area contributed by atoms with Crippen LogP contribution in [0, 0.1) is 0 Å². The Kier molecular flexibility index (Phi) is 5.45. The second kappa shape index (κ2) is 11.2. The Morgan fingerprint density at radius 1 is 1.26 bits per heavy atom. The molecule has 2 heterocycles. The maximum Gasteiger partial charge on any atom is 0.214 e. The maximum absolute atomic E-state index is 6.80. The van der Waals surface area contributed by atoms with Crippen molar-refractivity contribution < 1.29 is 18.1 Å². The average molecular weight is 420 g/mol. The summed E-state index contributed by atoms with van der Waals surface area (Å²) in [7, 11) is -4.98. The van der Waals surface area contributed by atoms with Crippen molar-refractivity contribution in [1.29, 1.82) is 1.43 Å². The highest BCUT2D eigenvalue weighted by Gasteiger charge is 1.89. The molecule has 0 aromatic carbocycles. The summed E-state index contributed by atoms with van der Waals surface area (Å²) in [6.45, 7) is 0. The van der Waals surface area contributed by atoms with Gasteiger partial charge in [-0.1, -0.05) is 43.5 Å². The molecule has 1 N–H and O–H groups in total. The fraction of sp³-hybridized carbons (Fsp3) is 0.167. The van der Waals surface area contributed by atoms with Gasteiger partial charge in [0.2, 0.25) is 7.31 Å². The Labute approximate surface area is 144 Å². The quantitative estimate of drug-likeness (QED) is 0.711. The number of halogens is 3. The molecule has 0 aliphatic rings. The molecule has 0 unspecified atom stereocenters. The zero-order chi connectivity index (χ0) is 20.4. The van der Waals surface area contributed by atoms with Crippen LogP contribution in [0.4, 0.5) is 0 Å². The summed E-state index contributed by atoms with van der Waals surface area (Å²) < 4.78 is 50.7. The molecule has 104 valence electrons. The monoisotopic (exact) mass is 417 g/mol. The van der Waals surface area contributed by atoms with E-state index in [0.29, 0.717) is 5.15 Å². The van der Waals surface area contributed by atoms with Gasteiger partial charge in [-0.3, -0.25) is 0 Å². The molecule has 0 saturated heterocycles. The lowest BCUT2D eigenvalue weighted by Gasteiger charge is -1.95. The smallest absolute Gasteiger partial charge is 0.214 e. The highest BCUT2D eigenvalue weighted by molar-refractivity contribution is 9.10. The Morgan fingerprint density at radius 2 is 1.89 bits per heavy atom. The predicted molar refractivity (Wildman–Crippen MR) is 83.6 cm³/mol. The van der Waals surface area contributed by atoms with Crippen molar-refractivity contribution in [2.75, 3.05) is 14.1 Å². The van der Waals surface area contributed by atoms with E-state index in [-0.39, 0.29) is 5.88 Å². The minimum Gasteiger partial charge on any atom is -0.481 e. The summed E-state index contributed by atoms with van der Waals surface area (Å²) in [4.78, 5) is 7.49. The van der Waals surface area contributed by atoms with Crippen LogP contribution in [0.1, 0.15) is 8.22 Å². The molecule has 0 bridgehead atoms. The van der Waals surface area contributed by atoms with E-state index in [1.165, 1.54) is 12.3 Å². The standard InChI is InChI=1S/C6H6BrNO.C5H3BrClN.CH4O/c1-9-6-4-5(7)2-3-8-6;6-4-1-2-8-5(7)3-4;1-2/h2-4H,1H3;1-3H;2H,1H3/i1D3;;1D3,2D. The Morgan fingerprint density at radius 3 is 2.32 bits per heavy atom. The zero-order valence-electron chi connectivity index (χ0n) is 16.3. The summed E-state index contributed by atoms with van der Waals surface area (Å²) in [5.74, 6) is 0.0874. The molecule has 4 nitrogen and oxygen atoms in total. The first-order valence-corrected chi connectivity index (χ1v) is 6.51. The lowest BCUT2D eigenvalue weighted by atomic mass is 10.5. The topological polar surface area (TPSA) is 55.2 Å². The molecule has 0 amide bonds. The summed E-state index contributed by atoms with van der Waals surface area (Å²) in [6.07, 6.45) is 3.11. The fourth-order valence-corrected chi connectivity index (χ4v) is 1.77. The third-order valence-electron chi connectivity index (χ3n) is 1.49. The second-order valence-electron chi connectivity index (χ2n) is 2.71. The zero-order valence-corrected chi connectivity index (χ0v) is 13.2. The first-order valence-electron chi connectivity index (χ1n) is 7.95. The summed E-state index contributed by atoms with van der Waals surface area (Å²) in [5.41, 5.74) is 0. The average Bonchev–Trinajstić information content (AvgIpc) is 2.45. The molecule has 0 aliphatic carbocycles. The molecule has 0 atom stereocenters. The van der Waals surface area contributed by atoms with Crippen LogP contribution in [-0.2, 0) is 0 Å². The predicted octanol–water partition coefficient (Wildman–Crippen LogP) is 3.96. The van der Waals surface area contributed by atoms with Gasteiger partial charge >= 0.3 is 0 Å². The van der Waals surface area contributed by atoms with E-state index >= 15 is 0 Å². The van der Waals surface area contributed by atoms with Gasteiger partial charge in [0.25, 0.3) is 0 Å². The van der Waals surface area contributed by atoms with E-state index in [1.807, 2.05) is 6.07 Å². The van der Waals surface area contributed by atoms with Crippen LogP contribution in [0.15, 0.2) is 45.6 Å². The fourth-order valence-electron chi connectivity index (χ4n) is 0.820.